The highest BCUT2D eigenvalue weighted by Gasteiger charge is 2.44. The molecule has 2 atom stereocenters. The van der Waals surface area contributed by atoms with Gasteiger partial charge in [-0.1, -0.05) is 69.3 Å². The number of phenols is 1. The fourth-order valence-electron chi connectivity index (χ4n) is 4.04. The van der Waals surface area contributed by atoms with E-state index in [1.807, 2.05) is 65.0 Å². The van der Waals surface area contributed by atoms with Gasteiger partial charge >= 0.3 is 6.09 Å². The first kappa shape index (κ1) is 30.7. The van der Waals surface area contributed by atoms with Crippen LogP contribution in [-0.4, -0.2) is 45.1 Å². The van der Waals surface area contributed by atoms with E-state index in [1.54, 1.807) is 39.0 Å². The number of ether oxygens (including phenoxy) is 1. The molecule has 0 aliphatic rings. The molecule has 0 saturated carbocycles. The standard InChI is InChI=1S/C30H43N3O5/c1-9-30(7,8)33(27(36)24(20(2)3)32-28(37)38-29(4,5)6)25(22-17-13-14-18-23(22)34)26(35)31-19-21-15-11-10-12-16-21/h10-18,20,24-25,34H,9,19H2,1-8H3,(H,31,35)(H,32,37). The molecule has 2 aromatic rings. The minimum Gasteiger partial charge on any atom is -0.508 e. The van der Waals surface area contributed by atoms with Gasteiger partial charge in [0.05, 0.1) is 0 Å². The predicted molar refractivity (Wildman–Crippen MR) is 148 cm³/mol. The third-order valence-electron chi connectivity index (χ3n) is 6.41. The van der Waals surface area contributed by atoms with Crippen molar-refractivity contribution in [3.8, 4) is 5.75 Å². The van der Waals surface area contributed by atoms with Crippen molar-refractivity contribution in [3.63, 3.8) is 0 Å². The van der Waals surface area contributed by atoms with Crippen LogP contribution < -0.4 is 10.6 Å². The molecule has 2 rings (SSSR count). The van der Waals surface area contributed by atoms with E-state index < -0.39 is 41.1 Å². The fourth-order valence-corrected chi connectivity index (χ4v) is 4.04. The molecule has 0 aliphatic carbocycles. The number of alkyl carbamates (subject to hydrolysis) is 1. The molecule has 0 saturated heterocycles. The largest absolute Gasteiger partial charge is 0.508 e. The molecule has 0 heterocycles. The Balaban J connectivity index is 2.56. The van der Waals surface area contributed by atoms with E-state index in [0.29, 0.717) is 12.0 Å². The quantitative estimate of drug-likeness (QED) is 0.389. The van der Waals surface area contributed by atoms with Crippen LogP contribution in [0.15, 0.2) is 54.6 Å². The number of nitrogens with one attached hydrogen (secondary N) is 2. The summed E-state index contributed by atoms with van der Waals surface area (Å²) in [4.78, 5) is 42.3. The first-order chi connectivity index (χ1) is 17.7. The Hall–Kier alpha value is -3.55. The maximum Gasteiger partial charge on any atom is 0.408 e. The summed E-state index contributed by atoms with van der Waals surface area (Å²) in [6.07, 6.45) is -0.196. The lowest BCUT2D eigenvalue weighted by atomic mass is 9.90. The van der Waals surface area contributed by atoms with Gasteiger partial charge in [0.1, 0.15) is 23.4 Å². The van der Waals surface area contributed by atoms with Crippen LogP contribution in [0.3, 0.4) is 0 Å². The monoisotopic (exact) mass is 525 g/mol. The Kier molecular flexibility index (Phi) is 10.3. The van der Waals surface area contributed by atoms with E-state index in [-0.39, 0.29) is 18.2 Å². The third-order valence-corrected chi connectivity index (χ3v) is 6.41. The van der Waals surface area contributed by atoms with Crippen LogP contribution in [0.2, 0.25) is 0 Å². The van der Waals surface area contributed by atoms with Crippen LogP contribution >= 0.6 is 0 Å². The van der Waals surface area contributed by atoms with Crippen LogP contribution in [0, 0.1) is 5.92 Å². The number of phenolic OH excluding ortho intramolecular Hbond substituents is 1. The zero-order valence-electron chi connectivity index (χ0n) is 23.9. The van der Waals surface area contributed by atoms with Gasteiger partial charge in [0.2, 0.25) is 11.8 Å². The average Bonchev–Trinajstić information content (AvgIpc) is 2.83. The van der Waals surface area contributed by atoms with E-state index in [0.717, 1.165) is 5.56 Å². The van der Waals surface area contributed by atoms with Gasteiger partial charge in [0.15, 0.2) is 0 Å². The Morgan fingerprint density at radius 2 is 1.53 bits per heavy atom. The second kappa shape index (κ2) is 12.8. The first-order valence-electron chi connectivity index (χ1n) is 13.1. The van der Waals surface area contributed by atoms with E-state index in [9.17, 15) is 19.5 Å². The molecule has 2 unspecified atom stereocenters. The summed E-state index contributed by atoms with van der Waals surface area (Å²) < 4.78 is 5.42. The maximum absolute atomic E-state index is 14.3. The maximum atomic E-state index is 14.3. The molecule has 2 aromatic carbocycles. The molecule has 3 amide bonds. The highest BCUT2D eigenvalue weighted by atomic mass is 16.6. The SMILES string of the molecule is CCC(C)(C)N(C(=O)C(NC(=O)OC(C)(C)C)C(C)C)C(C(=O)NCc1ccccc1)c1ccccc1O. The van der Waals surface area contributed by atoms with Crippen molar-refractivity contribution in [1.29, 1.82) is 0 Å². The number of benzene rings is 2. The van der Waals surface area contributed by atoms with Gasteiger partial charge < -0.3 is 25.4 Å². The highest BCUT2D eigenvalue weighted by molar-refractivity contribution is 5.93. The second-order valence-corrected chi connectivity index (χ2v) is 11.4. The first-order valence-corrected chi connectivity index (χ1v) is 13.1. The average molecular weight is 526 g/mol. The van der Waals surface area contributed by atoms with Gasteiger partial charge in [-0.15, -0.1) is 0 Å². The summed E-state index contributed by atoms with van der Waals surface area (Å²) in [7, 11) is 0. The number of nitrogens with zero attached hydrogens (tertiary/aromatic N) is 1. The molecule has 0 aliphatic heterocycles. The number of para-hydroxylation sites is 1. The van der Waals surface area contributed by atoms with Crippen LogP contribution in [0.25, 0.3) is 0 Å². The van der Waals surface area contributed by atoms with Crippen molar-refractivity contribution in [2.24, 2.45) is 5.92 Å². The highest BCUT2D eigenvalue weighted by Crippen LogP contribution is 2.36. The molecule has 0 spiro atoms. The van der Waals surface area contributed by atoms with E-state index in [4.69, 9.17) is 4.74 Å². The molecule has 8 nitrogen and oxygen atoms in total. The summed E-state index contributed by atoms with van der Waals surface area (Å²) in [5, 5.41) is 16.5. The predicted octanol–water partition coefficient (Wildman–Crippen LogP) is 5.32. The van der Waals surface area contributed by atoms with Crippen molar-refractivity contribution in [1.82, 2.24) is 15.5 Å². The Bertz CT molecular complexity index is 1090. The fraction of sp³-hybridized carbons (Fsp3) is 0.500. The molecule has 208 valence electrons. The number of hydrogen-bond acceptors (Lipinski definition) is 5. The summed E-state index contributed by atoms with van der Waals surface area (Å²) in [5.41, 5.74) is -0.354. The molecule has 38 heavy (non-hydrogen) atoms. The van der Waals surface area contributed by atoms with Gasteiger partial charge in [-0.3, -0.25) is 9.59 Å². The number of amides is 3. The van der Waals surface area contributed by atoms with Crippen LogP contribution in [0.4, 0.5) is 4.79 Å². The lowest BCUT2D eigenvalue weighted by molar-refractivity contribution is -0.150. The van der Waals surface area contributed by atoms with Crippen molar-refractivity contribution in [2.45, 2.75) is 91.6 Å². The number of carbonyl (C=O) groups is 3. The van der Waals surface area contributed by atoms with Crippen molar-refractivity contribution >= 4 is 17.9 Å². The third kappa shape index (κ3) is 8.23. The molecule has 0 bridgehead atoms. The molecule has 3 N–H and O–H groups in total. The summed E-state index contributed by atoms with van der Waals surface area (Å²) in [6, 6.07) is 13.8. The smallest absolute Gasteiger partial charge is 0.408 e. The molecule has 0 aromatic heterocycles. The molecule has 8 heteroatoms. The van der Waals surface area contributed by atoms with Crippen LogP contribution in [0.1, 0.15) is 79.0 Å². The topological polar surface area (TPSA) is 108 Å². The molecular weight excluding hydrogens is 482 g/mol. The molecular formula is C30H43N3O5. The number of carbonyl (C=O) groups excluding carboxylic acids is 3. The Morgan fingerprint density at radius 1 is 0.947 bits per heavy atom. The second-order valence-electron chi connectivity index (χ2n) is 11.4. The van der Waals surface area contributed by atoms with Gasteiger partial charge in [-0.25, -0.2) is 4.79 Å². The molecule has 0 radical (unpaired) electrons. The number of hydrogen-bond donors (Lipinski definition) is 3. The minimum atomic E-state index is -1.15. The van der Waals surface area contributed by atoms with Crippen LogP contribution in [-0.2, 0) is 20.9 Å². The number of aromatic hydroxyl groups is 1. The van der Waals surface area contributed by atoms with E-state index in [1.165, 1.54) is 11.0 Å². The zero-order valence-corrected chi connectivity index (χ0v) is 23.9. The van der Waals surface area contributed by atoms with E-state index in [2.05, 4.69) is 10.6 Å². The lowest BCUT2D eigenvalue weighted by Gasteiger charge is -2.45. The van der Waals surface area contributed by atoms with Crippen molar-refractivity contribution < 1.29 is 24.2 Å². The molecule has 0 fully saturated rings. The zero-order chi connectivity index (χ0) is 28.7. The van der Waals surface area contributed by atoms with Gasteiger partial charge in [0.25, 0.3) is 0 Å². The summed E-state index contributed by atoms with van der Waals surface area (Å²) in [6.45, 7) is 14.8. The van der Waals surface area contributed by atoms with Crippen molar-refractivity contribution in [2.75, 3.05) is 0 Å². The van der Waals surface area contributed by atoms with Gasteiger partial charge in [-0.05, 0) is 58.6 Å². The summed E-state index contributed by atoms with van der Waals surface area (Å²) in [5.74, 6) is -1.29. The van der Waals surface area contributed by atoms with Gasteiger partial charge in [0, 0.05) is 17.6 Å². The Labute approximate surface area is 226 Å². The van der Waals surface area contributed by atoms with Crippen LogP contribution in [0.5, 0.6) is 5.75 Å². The normalized spacial score (nSPS) is 13.4. The minimum absolute atomic E-state index is 0.0988. The van der Waals surface area contributed by atoms with Gasteiger partial charge in [-0.2, -0.15) is 0 Å². The lowest BCUT2D eigenvalue weighted by Crippen LogP contribution is -2.60. The number of rotatable bonds is 10. The Morgan fingerprint density at radius 3 is 2.05 bits per heavy atom. The van der Waals surface area contributed by atoms with Crippen molar-refractivity contribution in [3.05, 3.63) is 65.7 Å². The summed E-state index contributed by atoms with van der Waals surface area (Å²) >= 11 is 0. The van der Waals surface area contributed by atoms with E-state index >= 15 is 0 Å².